The Morgan fingerprint density at radius 3 is 2.57 bits per heavy atom. The molecule has 6 heteroatoms. The molecule has 1 saturated heterocycles. The monoisotopic (exact) mass is 294 g/mol. The van der Waals surface area contributed by atoms with Crippen molar-refractivity contribution >= 4 is 12.1 Å². The van der Waals surface area contributed by atoms with Crippen LogP contribution in [0.4, 0.5) is 4.79 Å². The maximum atomic E-state index is 11.9. The van der Waals surface area contributed by atoms with Gasteiger partial charge in [0.25, 0.3) is 0 Å². The molecule has 0 bridgehead atoms. The molecule has 1 fully saturated rings. The van der Waals surface area contributed by atoms with E-state index in [9.17, 15) is 9.59 Å². The Morgan fingerprint density at radius 1 is 1.29 bits per heavy atom. The quantitative estimate of drug-likeness (QED) is 0.855. The third-order valence-corrected chi connectivity index (χ3v) is 3.17. The van der Waals surface area contributed by atoms with E-state index >= 15 is 0 Å². The number of benzene rings is 1. The number of hydrogen-bond acceptors (Lipinski definition) is 5. The number of hydrogen-bond donors (Lipinski definition) is 1. The van der Waals surface area contributed by atoms with E-state index in [1.54, 1.807) is 0 Å². The van der Waals surface area contributed by atoms with Gasteiger partial charge in [-0.1, -0.05) is 30.3 Å². The van der Waals surface area contributed by atoms with E-state index in [0.717, 1.165) is 12.0 Å². The molecule has 116 valence electrons. The normalized spacial score (nSPS) is 16.7. The molecule has 1 aromatic rings. The van der Waals surface area contributed by atoms with Crippen LogP contribution in [0.25, 0.3) is 0 Å². The number of amides is 1. The summed E-state index contributed by atoms with van der Waals surface area (Å²) in [7, 11) is 2.83. The summed E-state index contributed by atoms with van der Waals surface area (Å²) in [4.78, 5) is 24.9. The SMILES string of the molecule is CN.COC(=O)C1CCCN1C(=O)OCc1ccccc1. The zero-order chi connectivity index (χ0) is 15.7. The minimum atomic E-state index is -0.506. The van der Waals surface area contributed by atoms with Gasteiger partial charge >= 0.3 is 12.1 Å². The fourth-order valence-electron chi connectivity index (χ4n) is 2.17. The highest BCUT2D eigenvalue weighted by Crippen LogP contribution is 2.19. The lowest BCUT2D eigenvalue weighted by Gasteiger charge is -2.21. The third-order valence-electron chi connectivity index (χ3n) is 3.17. The second kappa shape index (κ2) is 8.97. The summed E-state index contributed by atoms with van der Waals surface area (Å²) in [6.07, 6.45) is 0.963. The first-order chi connectivity index (χ1) is 10.2. The average molecular weight is 294 g/mol. The number of carbonyl (C=O) groups is 2. The summed E-state index contributed by atoms with van der Waals surface area (Å²) in [6.45, 7) is 0.747. The van der Waals surface area contributed by atoms with E-state index in [2.05, 4.69) is 10.5 Å². The lowest BCUT2D eigenvalue weighted by atomic mass is 10.2. The molecular weight excluding hydrogens is 272 g/mol. The van der Waals surface area contributed by atoms with Crippen LogP contribution in [0, 0.1) is 0 Å². The topological polar surface area (TPSA) is 81.9 Å². The number of rotatable bonds is 3. The van der Waals surface area contributed by atoms with Gasteiger partial charge < -0.3 is 15.2 Å². The third kappa shape index (κ3) is 4.75. The Labute approximate surface area is 124 Å². The second-order valence-corrected chi connectivity index (χ2v) is 4.41. The molecule has 1 unspecified atom stereocenters. The molecule has 0 aliphatic carbocycles. The smallest absolute Gasteiger partial charge is 0.410 e. The number of nitrogens with two attached hydrogens (primary N) is 1. The van der Waals surface area contributed by atoms with E-state index < -0.39 is 12.1 Å². The van der Waals surface area contributed by atoms with Crippen molar-refractivity contribution in [1.29, 1.82) is 0 Å². The summed E-state index contributed by atoms with van der Waals surface area (Å²) in [5.41, 5.74) is 5.42. The van der Waals surface area contributed by atoms with Gasteiger partial charge in [0.15, 0.2) is 0 Å². The molecule has 2 rings (SSSR count). The predicted octanol–water partition coefficient (Wildman–Crippen LogP) is 1.54. The first kappa shape index (κ1) is 17.0. The van der Waals surface area contributed by atoms with E-state index in [1.807, 2.05) is 30.3 Å². The number of esters is 1. The summed E-state index contributed by atoms with van der Waals surface area (Å²) in [6, 6.07) is 8.93. The Balaban J connectivity index is 0.00000106. The zero-order valence-corrected chi connectivity index (χ0v) is 12.5. The van der Waals surface area contributed by atoms with E-state index in [1.165, 1.54) is 19.1 Å². The van der Waals surface area contributed by atoms with Crippen LogP contribution in [0.5, 0.6) is 0 Å². The molecule has 1 aromatic carbocycles. The van der Waals surface area contributed by atoms with Gasteiger partial charge in [0.05, 0.1) is 7.11 Å². The maximum absolute atomic E-state index is 11.9. The highest BCUT2D eigenvalue weighted by Gasteiger charge is 2.35. The van der Waals surface area contributed by atoms with Gasteiger partial charge in [-0.25, -0.2) is 9.59 Å². The zero-order valence-electron chi connectivity index (χ0n) is 12.5. The Bertz CT molecular complexity index is 450. The van der Waals surface area contributed by atoms with Crippen LogP contribution in [0.2, 0.25) is 0 Å². The van der Waals surface area contributed by atoms with Gasteiger partial charge in [0.2, 0.25) is 0 Å². The van der Waals surface area contributed by atoms with Crippen LogP contribution in [-0.4, -0.2) is 43.7 Å². The molecule has 1 amide bonds. The van der Waals surface area contributed by atoms with Crippen molar-refractivity contribution in [1.82, 2.24) is 4.90 Å². The predicted molar refractivity (Wildman–Crippen MR) is 78.5 cm³/mol. The molecule has 0 aromatic heterocycles. The van der Waals surface area contributed by atoms with Crippen LogP contribution < -0.4 is 5.73 Å². The minimum absolute atomic E-state index is 0.212. The van der Waals surface area contributed by atoms with Crippen LogP contribution >= 0.6 is 0 Å². The summed E-state index contributed by atoms with van der Waals surface area (Å²) in [5.74, 6) is -0.380. The fourth-order valence-corrected chi connectivity index (χ4v) is 2.17. The van der Waals surface area contributed by atoms with Gasteiger partial charge in [0, 0.05) is 6.54 Å². The highest BCUT2D eigenvalue weighted by molar-refractivity contribution is 5.82. The van der Waals surface area contributed by atoms with Gasteiger partial charge in [-0.05, 0) is 25.5 Å². The molecule has 0 radical (unpaired) electrons. The van der Waals surface area contributed by atoms with Crippen molar-refractivity contribution in [2.45, 2.75) is 25.5 Å². The number of methoxy groups -OCH3 is 1. The van der Waals surface area contributed by atoms with Gasteiger partial charge in [0.1, 0.15) is 12.6 Å². The Hall–Kier alpha value is -2.08. The lowest BCUT2D eigenvalue weighted by molar-refractivity contribution is -0.145. The summed E-state index contributed by atoms with van der Waals surface area (Å²) >= 11 is 0. The molecule has 1 heterocycles. The Morgan fingerprint density at radius 2 is 1.95 bits per heavy atom. The van der Waals surface area contributed by atoms with Crippen molar-refractivity contribution in [3.05, 3.63) is 35.9 Å². The van der Waals surface area contributed by atoms with Crippen LogP contribution in [0.3, 0.4) is 0 Å². The highest BCUT2D eigenvalue weighted by atomic mass is 16.6. The van der Waals surface area contributed by atoms with Crippen molar-refractivity contribution in [3.8, 4) is 0 Å². The molecule has 0 spiro atoms. The molecule has 1 atom stereocenters. The minimum Gasteiger partial charge on any atom is -0.467 e. The standard InChI is InChI=1S/C14H17NO4.CH5N/c1-18-13(16)12-8-5-9-15(12)14(17)19-10-11-6-3-2-4-7-11;1-2/h2-4,6-7,12H,5,8-10H2,1H3;2H2,1H3. The first-order valence-corrected chi connectivity index (χ1v) is 6.85. The van der Waals surface area contributed by atoms with Crippen molar-refractivity contribution in [2.75, 3.05) is 20.7 Å². The van der Waals surface area contributed by atoms with Crippen molar-refractivity contribution < 1.29 is 19.1 Å². The fraction of sp³-hybridized carbons (Fsp3) is 0.467. The first-order valence-electron chi connectivity index (χ1n) is 6.85. The molecule has 0 saturated carbocycles. The van der Waals surface area contributed by atoms with Crippen molar-refractivity contribution in [3.63, 3.8) is 0 Å². The van der Waals surface area contributed by atoms with E-state index in [0.29, 0.717) is 13.0 Å². The van der Waals surface area contributed by atoms with E-state index in [4.69, 9.17) is 4.74 Å². The molecular formula is C15H22N2O4. The number of nitrogens with zero attached hydrogens (tertiary/aromatic N) is 1. The van der Waals surface area contributed by atoms with E-state index in [-0.39, 0.29) is 12.6 Å². The second-order valence-electron chi connectivity index (χ2n) is 4.41. The van der Waals surface area contributed by atoms with Crippen molar-refractivity contribution in [2.24, 2.45) is 5.73 Å². The number of likely N-dealkylation sites (tertiary alicyclic amines) is 1. The molecule has 21 heavy (non-hydrogen) atoms. The molecule has 2 N–H and O–H groups in total. The lowest BCUT2D eigenvalue weighted by Crippen LogP contribution is -2.41. The van der Waals surface area contributed by atoms with Crippen LogP contribution in [0.1, 0.15) is 18.4 Å². The number of carbonyl (C=O) groups excluding carboxylic acids is 2. The summed E-state index contributed by atoms with van der Waals surface area (Å²) < 4.78 is 9.91. The van der Waals surface area contributed by atoms with Gasteiger partial charge in [-0.2, -0.15) is 0 Å². The summed E-state index contributed by atoms with van der Waals surface area (Å²) in [5, 5.41) is 0. The maximum Gasteiger partial charge on any atom is 0.410 e. The molecule has 1 aliphatic rings. The van der Waals surface area contributed by atoms with Gasteiger partial charge in [-0.15, -0.1) is 0 Å². The van der Waals surface area contributed by atoms with Crippen LogP contribution in [-0.2, 0) is 20.9 Å². The number of ether oxygens (including phenoxy) is 2. The Kier molecular flexibility index (Phi) is 7.25. The molecule has 6 nitrogen and oxygen atoms in total. The largest absolute Gasteiger partial charge is 0.467 e. The van der Waals surface area contributed by atoms with Crippen LogP contribution in [0.15, 0.2) is 30.3 Å². The molecule has 1 aliphatic heterocycles. The average Bonchev–Trinajstić information content (AvgIpc) is 3.04. The van der Waals surface area contributed by atoms with Gasteiger partial charge in [-0.3, -0.25) is 4.90 Å².